The molecule has 0 amide bonds. The number of hydrogen-bond acceptors (Lipinski definition) is 12. The summed E-state index contributed by atoms with van der Waals surface area (Å²) in [5, 5.41) is 21.6. The van der Waals surface area contributed by atoms with Crippen LogP contribution in [-0.2, 0) is 31.6 Å². The van der Waals surface area contributed by atoms with Crippen molar-refractivity contribution in [3.63, 3.8) is 0 Å². The first kappa shape index (κ1) is 27.8. The Labute approximate surface area is 187 Å². The van der Waals surface area contributed by atoms with Crippen molar-refractivity contribution < 1.29 is 61.4 Å². The molecule has 0 aromatic rings. The number of nitrogens with two attached hydrogens (primary N) is 1. The topological polar surface area (TPSA) is 251 Å². The third kappa shape index (κ3) is 6.19. The Hall–Kier alpha value is -1.40. The van der Waals surface area contributed by atoms with Gasteiger partial charge in [-0.1, -0.05) is 12.5 Å². The molecule has 2 rings (SSSR count). The number of ether oxygens (including phenoxy) is 1. The molecule has 2 aliphatic rings. The molecule has 2 heterocycles. The highest BCUT2D eigenvalue weighted by Gasteiger charge is 2.63. The molecule has 6 atom stereocenters. The minimum atomic E-state index is -5.76. The summed E-state index contributed by atoms with van der Waals surface area (Å²) in [6, 6.07) is 0. The van der Waals surface area contributed by atoms with Crippen LogP contribution in [-0.4, -0.2) is 70.7 Å². The van der Waals surface area contributed by atoms with E-state index in [-0.39, 0.29) is 11.7 Å². The van der Waals surface area contributed by atoms with E-state index in [9.17, 15) is 33.7 Å². The largest absolute Gasteiger partial charge is 0.490 e. The number of amidine groups is 1. The summed E-state index contributed by atoms with van der Waals surface area (Å²) in [6.45, 7) is 5.27. The lowest BCUT2D eigenvalue weighted by molar-refractivity contribution is -0.125. The van der Waals surface area contributed by atoms with Gasteiger partial charge in [-0.2, -0.15) is 8.62 Å². The van der Waals surface area contributed by atoms with Gasteiger partial charge < -0.3 is 45.2 Å². The van der Waals surface area contributed by atoms with E-state index < -0.39 is 53.6 Å². The molecule has 16 nitrogen and oxygen atoms in total. The number of phosphoric ester groups is 1. The highest BCUT2D eigenvalue weighted by Crippen LogP contribution is 2.66. The van der Waals surface area contributed by atoms with Gasteiger partial charge in [-0.05, 0) is 13.8 Å². The van der Waals surface area contributed by atoms with E-state index >= 15 is 0 Å². The lowest BCUT2D eigenvalue weighted by Gasteiger charge is -2.35. The Kier molecular flexibility index (Phi) is 7.59. The molecule has 0 saturated carbocycles. The second-order valence-corrected chi connectivity index (χ2v) is 11.6. The van der Waals surface area contributed by atoms with Crippen molar-refractivity contribution in [3.8, 4) is 12.3 Å². The first-order chi connectivity index (χ1) is 14.8. The molecule has 0 aromatic heterocycles. The summed E-state index contributed by atoms with van der Waals surface area (Å²) in [6.07, 6.45) is 3.25. The molecule has 0 aromatic carbocycles. The van der Waals surface area contributed by atoms with Crippen molar-refractivity contribution in [2.75, 3.05) is 6.61 Å². The van der Waals surface area contributed by atoms with Crippen molar-refractivity contribution in [2.24, 2.45) is 10.7 Å². The van der Waals surface area contributed by atoms with Crippen LogP contribution in [0.4, 0.5) is 0 Å². The average molecular weight is 533 g/mol. The Morgan fingerprint density at radius 2 is 1.88 bits per heavy atom. The average Bonchev–Trinajstić information content (AvgIpc) is 2.82. The predicted molar refractivity (Wildman–Crippen MR) is 109 cm³/mol. The quantitative estimate of drug-likeness (QED) is 0.149. The number of phosphoric acid groups is 3. The first-order valence-corrected chi connectivity index (χ1v) is 13.1. The summed E-state index contributed by atoms with van der Waals surface area (Å²) >= 11 is 0. The van der Waals surface area contributed by atoms with Crippen molar-refractivity contribution in [3.05, 3.63) is 24.2 Å². The molecule has 1 saturated heterocycles. The van der Waals surface area contributed by atoms with E-state index in [1.807, 2.05) is 5.92 Å². The van der Waals surface area contributed by atoms with Crippen LogP contribution in [0.3, 0.4) is 0 Å². The summed E-state index contributed by atoms with van der Waals surface area (Å²) in [4.78, 5) is 41.1. The van der Waals surface area contributed by atoms with Crippen molar-refractivity contribution in [2.45, 2.75) is 37.4 Å². The van der Waals surface area contributed by atoms with Crippen LogP contribution < -0.4 is 5.73 Å². The lowest BCUT2D eigenvalue weighted by Crippen LogP contribution is -2.54. The zero-order chi connectivity index (χ0) is 25.6. The van der Waals surface area contributed by atoms with E-state index in [0.717, 1.165) is 11.8 Å². The van der Waals surface area contributed by atoms with Crippen LogP contribution in [0.15, 0.2) is 29.2 Å². The predicted octanol–water partition coefficient (Wildman–Crippen LogP) is -0.782. The molecule has 0 aliphatic carbocycles. The van der Waals surface area contributed by atoms with E-state index in [1.54, 1.807) is 6.92 Å². The maximum Gasteiger partial charge on any atom is 0.490 e. The van der Waals surface area contributed by atoms with Gasteiger partial charge in [0, 0.05) is 11.8 Å². The minimum Gasteiger partial charge on any atom is -0.386 e. The van der Waals surface area contributed by atoms with Gasteiger partial charge in [-0.15, -0.1) is 6.42 Å². The van der Waals surface area contributed by atoms with Gasteiger partial charge in [0.05, 0.1) is 6.61 Å². The Morgan fingerprint density at radius 3 is 2.39 bits per heavy atom. The van der Waals surface area contributed by atoms with Gasteiger partial charge in [-0.25, -0.2) is 18.7 Å². The van der Waals surface area contributed by atoms with Crippen LogP contribution in [0.1, 0.15) is 13.8 Å². The van der Waals surface area contributed by atoms with Crippen LogP contribution in [0.25, 0.3) is 0 Å². The van der Waals surface area contributed by atoms with Crippen LogP contribution >= 0.6 is 23.5 Å². The molecule has 8 N–H and O–H groups in total. The lowest BCUT2D eigenvalue weighted by atomic mass is 9.88. The summed E-state index contributed by atoms with van der Waals surface area (Å²) in [7, 11) is -16.9. The Bertz CT molecular complexity index is 1080. The molecule has 2 aliphatic heterocycles. The summed E-state index contributed by atoms with van der Waals surface area (Å²) in [5.41, 5.74) is 1.65. The standard InChI is InChI=1S/C14H22N3O13P3/c1-5-14(19)11(18)13(4,28-12(14)17-6-8(2)10(15)16-9(17)3)7-27-32(23,24)30-33(25,26)29-31(20,21)22/h1,6,11-12,18-19H,3,7H2,2,4H3,(H2,15,16)(H,23,24)(H,25,26)(H2,20,21,22)/t11-,12+,13+,14?/m0/s1. The molecular weight excluding hydrogens is 511 g/mol. The van der Waals surface area contributed by atoms with Crippen LogP contribution in [0.2, 0.25) is 0 Å². The highest BCUT2D eigenvalue weighted by molar-refractivity contribution is 7.66. The molecule has 19 heteroatoms. The van der Waals surface area contributed by atoms with E-state index in [0.29, 0.717) is 5.57 Å². The van der Waals surface area contributed by atoms with Crippen molar-refractivity contribution in [1.29, 1.82) is 0 Å². The first-order valence-electron chi connectivity index (χ1n) is 8.60. The van der Waals surface area contributed by atoms with Gasteiger partial charge in [0.1, 0.15) is 23.4 Å². The monoisotopic (exact) mass is 533 g/mol. The molecule has 0 radical (unpaired) electrons. The van der Waals surface area contributed by atoms with Gasteiger partial charge in [-0.3, -0.25) is 4.52 Å². The fraction of sp³-hybridized carbons (Fsp3) is 0.500. The minimum absolute atomic E-state index is 0.0267. The summed E-state index contributed by atoms with van der Waals surface area (Å²) < 4.78 is 51.5. The number of aliphatic hydroxyl groups is 2. The molecule has 186 valence electrons. The number of terminal acetylenes is 1. The number of aliphatic hydroxyl groups excluding tert-OH is 1. The molecular formula is C14H22N3O13P3. The Balaban J connectivity index is 2.25. The second kappa shape index (κ2) is 8.99. The zero-order valence-corrected chi connectivity index (χ0v) is 19.8. The number of hydrogen-bond donors (Lipinski definition) is 7. The van der Waals surface area contributed by atoms with E-state index in [2.05, 4.69) is 24.7 Å². The normalized spacial score (nSPS) is 34.2. The highest BCUT2D eigenvalue weighted by atomic mass is 31.3. The fourth-order valence-electron chi connectivity index (χ4n) is 2.89. The molecule has 1 fully saturated rings. The number of rotatable bonds is 8. The molecule has 0 bridgehead atoms. The SMILES string of the molecule is C#CC1(O)[C@@H](O)[C@@](C)(COP(=O)(O)OP(=O)(O)OP(=O)(O)O)O[C@H]1N1C=C(C)C(N)=NC1=C. The van der Waals surface area contributed by atoms with Gasteiger partial charge in [0.25, 0.3) is 0 Å². The molecule has 33 heavy (non-hydrogen) atoms. The summed E-state index contributed by atoms with van der Waals surface area (Å²) in [5.74, 6) is 2.07. The Morgan fingerprint density at radius 1 is 1.30 bits per heavy atom. The maximum absolute atomic E-state index is 12.0. The molecule has 3 unspecified atom stereocenters. The van der Waals surface area contributed by atoms with Crippen molar-refractivity contribution in [1.82, 2.24) is 4.90 Å². The third-order valence-electron chi connectivity index (χ3n) is 4.45. The van der Waals surface area contributed by atoms with Crippen molar-refractivity contribution >= 4 is 29.3 Å². The third-order valence-corrected chi connectivity index (χ3v) is 8.23. The number of aliphatic imine (C=N–C) groups is 1. The van der Waals surface area contributed by atoms with Gasteiger partial charge in [0.2, 0.25) is 0 Å². The fourth-order valence-corrected chi connectivity index (χ4v) is 6.01. The van der Waals surface area contributed by atoms with Crippen LogP contribution in [0, 0.1) is 12.3 Å². The number of nitrogens with zero attached hydrogens (tertiary/aromatic N) is 2. The van der Waals surface area contributed by atoms with E-state index in [4.69, 9.17) is 26.7 Å². The van der Waals surface area contributed by atoms with Gasteiger partial charge >= 0.3 is 23.5 Å². The van der Waals surface area contributed by atoms with Crippen LogP contribution in [0.5, 0.6) is 0 Å². The second-order valence-electron chi connectivity index (χ2n) is 7.15. The van der Waals surface area contributed by atoms with Gasteiger partial charge in [0.15, 0.2) is 11.8 Å². The molecule has 0 spiro atoms. The smallest absolute Gasteiger partial charge is 0.386 e. The van der Waals surface area contributed by atoms with E-state index in [1.165, 1.54) is 6.20 Å². The zero-order valence-electron chi connectivity index (χ0n) is 17.1. The maximum atomic E-state index is 12.0.